The second-order valence-electron chi connectivity index (χ2n) is 10.3. The molecule has 0 aromatic heterocycles. The lowest BCUT2D eigenvalue weighted by molar-refractivity contribution is 0.0373. The van der Waals surface area contributed by atoms with Crippen molar-refractivity contribution in [1.82, 2.24) is 9.80 Å². The summed E-state index contributed by atoms with van der Waals surface area (Å²) in [5.41, 5.74) is 1.75. The minimum Gasteiger partial charge on any atom is -0.497 e. The van der Waals surface area contributed by atoms with Crippen molar-refractivity contribution in [2.75, 3.05) is 49.8 Å². The second kappa shape index (κ2) is 13.7. The van der Waals surface area contributed by atoms with Gasteiger partial charge in [0, 0.05) is 30.9 Å². The highest BCUT2D eigenvalue weighted by atomic mass is 16.5. The summed E-state index contributed by atoms with van der Waals surface area (Å²) < 4.78 is 11.6. The normalized spacial score (nSPS) is 17.1. The van der Waals surface area contributed by atoms with Crippen molar-refractivity contribution in [3.05, 3.63) is 78.4 Å². The van der Waals surface area contributed by atoms with E-state index in [1.807, 2.05) is 13.0 Å². The summed E-state index contributed by atoms with van der Waals surface area (Å²) in [6, 6.07) is 19.6. The van der Waals surface area contributed by atoms with Crippen LogP contribution in [0, 0.1) is 5.92 Å². The van der Waals surface area contributed by atoms with Crippen LogP contribution in [0.1, 0.15) is 24.2 Å². The number of hydrogen-bond donors (Lipinski definition) is 4. The van der Waals surface area contributed by atoms with Crippen LogP contribution in [0.25, 0.3) is 0 Å². The molecule has 0 aliphatic carbocycles. The number of rotatable bonds is 8. The van der Waals surface area contributed by atoms with Crippen LogP contribution in [0.2, 0.25) is 0 Å². The van der Waals surface area contributed by atoms with E-state index in [1.54, 1.807) is 92.7 Å². The number of aliphatic hydroxyl groups excluding tert-OH is 1. The molecule has 42 heavy (non-hydrogen) atoms. The van der Waals surface area contributed by atoms with Gasteiger partial charge in [-0.2, -0.15) is 0 Å². The first-order valence-electron chi connectivity index (χ1n) is 13.7. The molecular formula is C31H37N5O6. The van der Waals surface area contributed by atoms with Crippen LogP contribution in [-0.2, 0) is 0 Å². The van der Waals surface area contributed by atoms with E-state index < -0.39 is 18.2 Å². The lowest BCUT2D eigenvalue weighted by atomic mass is 9.99. The van der Waals surface area contributed by atoms with Crippen molar-refractivity contribution < 1.29 is 29.0 Å². The van der Waals surface area contributed by atoms with Crippen molar-refractivity contribution in [3.8, 4) is 11.5 Å². The molecule has 0 saturated carbocycles. The fourth-order valence-corrected chi connectivity index (χ4v) is 4.61. The van der Waals surface area contributed by atoms with E-state index in [2.05, 4.69) is 16.0 Å². The van der Waals surface area contributed by atoms with E-state index in [1.165, 1.54) is 4.90 Å². The molecule has 222 valence electrons. The third-order valence-corrected chi connectivity index (χ3v) is 7.11. The minimum atomic E-state index is -0.558. The van der Waals surface area contributed by atoms with E-state index >= 15 is 0 Å². The summed E-state index contributed by atoms with van der Waals surface area (Å²) in [4.78, 5) is 42.7. The zero-order valence-corrected chi connectivity index (χ0v) is 24.2. The quantitative estimate of drug-likeness (QED) is 0.307. The Kier molecular flexibility index (Phi) is 9.87. The van der Waals surface area contributed by atoms with E-state index in [0.717, 1.165) is 0 Å². The van der Waals surface area contributed by atoms with Crippen molar-refractivity contribution in [1.29, 1.82) is 0 Å². The molecular weight excluding hydrogens is 538 g/mol. The van der Waals surface area contributed by atoms with Crippen molar-refractivity contribution in [2.45, 2.75) is 26.0 Å². The third kappa shape index (κ3) is 7.29. The number of aliphatic hydroxyl groups is 1. The number of nitrogens with zero attached hydrogens (tertiary/aromatic N) is 2. The number of fused-ring (bicyclic) bond motifs is 1. The molecule has 5 amide bonds. The van der Waals surface area contributed by atoms with Crippen LogP contribution in [0.5, 0.6) is 11.5 Å². The van der Waals surface area contributed by atoms with Crippen LogP contribution in [0.4, 0.5) is 26.7 Å². The highest BCUT2D eigenvalue weighted by molar-refractivity contribution is 6.04. The molecule has 0 fully saturated rings. The number of likely N-dealkylation sites (N-methyl/N-ethyl adjacent to an activating group) is 1. The molecule has 0 saturated heterocycles. The van der Waals surface area contributed by atoms with Gasteiger partial charge in [-0.3, -0.25) is 4.79 Å². The molecule has 0 bridgehead atoms. The summed E-state index contributed by atoms with van der Waals surface area (Å²) in [7, 11) is 3.23. The van der Waals surface area contributed by atoms with E-state index in [-0.39, 0.29) is 42.3 Å². The number of ether oxygens (including phenoxy) is 2. The molecule has 3 atom stereocenters. The SMILES string of the molecule is COc1ccc(NC(=O)N(C)C[C@@H]2Oc3c(NC(=O)Nc4ccccc4)cccc3C(=O)N([C@H](C)CO)C[C@@H]2C)cc1. The third-order valence-electron chi connectivity index (χ3n) is 7.11. The molecule has 1 aliphatic rings. The Hall–Kier alpha value is -4.77. The summed E-state index contributed by atoms with van der Waals surface area (Å²) in [5, 5.41) is 18.3. The predicted octanol–water partition coefficient (Wildman–Crippen LogP) is 4.72. The minimum absolute atomic E-state index is 0.183. The van der Waals surface area contributed by atoms with Gasteiger partial charge in [-0.25, -0.2) is 9.59 Å². The van der Waals surface area contributed by atoms with E-state index in [4.69, 9.17) is 9.47 Å². The summed E-state index contributed by atoms with van der Waals surface area (Å²) in [6.07, 6.45) is -0.558. The van der Waals surface area contributed by atoms with Gasteiger partial charge in [-0.15, -0.1) is 0 Å². The number of anilines is 3. The van der Waals surface area contributed by atoms with Gasteiger partial charge in [-0.1, -0.05) is 31.2 Å². The lowest BCUT2D eigenvalue weighted by Gasteiger charge is -2.38. The average Bonchev–Trinajstić information content (AvgIpc) is 2.99. The van der Waals surface area contributed by atoms with Gasteiger partial charge in [0.2, 0.25) is 0 Å². The molecule has 11 heteroatoms. The number of carbonyl (C=O) groups is 3. The highest BCUT2D eigenvalue weighted by Crippen LogP contribution is 2.35. The summed E-state index contributed by atoms with van der Waals surface area (Å²) >= 11 is 0. The lowest BCUT2D eigenvalue weighted by Crippen LogP contribution is -2.50. The number of para-hydroxylation sites is 2. The molecule has 4 rings (SSSR count). The van der Waals surface area contributed by atoms with Gasteiger partial charge in [0.25, 0.3) is 5.91 Å². The molecule has 1 heterocycles. The Morgan fingerprint density at radius 1 is 1.02 bits per heavy atom. The Labute approximate surface area is 245 Å². The maximum atomic E-state index is 13.7. The predicted molar refractivity (Wildman–Crippen MR) is 161 cm³/mol. The Morgan fingerprint density at radius 3 is 2.38 bits per heavy atom. The van der Waals surface area contributed by atoms with Gasteiger partial charge in [0.1, 0.15) is 11.9 Å². The smallest absolute Gasteiger partial charge is 0.323 e. The van der Waals surface area contributed by atoms with Gasteiger partial charge in [0.05, 0.1) is 37.6 Å². The number of benzene rings is 3. The van der Waals surface area contributed by atoms with E-state index in [9.17, 15) is 19.5 Å². The molecule has 1 aliphatic heterocycles. The van der Waals surface area contributed by atoms with Crippen LogP contribution >= 0.6 is 0 Å². The first kappa shape index (κ1) is 30.2. The largest absolute Gasteiger partial charge is 0.497 e. The molecule has 4 N–H and O–H groups in total. The van der Waals surface area contributed by atoms with Crippen LogP contribution in [0.3, 0.4) is 0 Å². The van der Waals surface area contributed by atoms with Crippen molar-refractivity contribution >= 4 is 35.0 Å². The standard InChI is InChI=1S/C31H37N5O6/c1-20-17-36(21(2)19-37)29(38)25-11-8-12-26(34-30(39)32-22-9-6-5-7-10-22)28(25)42-27(20)18-35(3)31(40)33-23-13-15-24(41-4)16-14-23/h5-16,20-21,27,37H,17-19H2,1-4H3,(H,33,40)(H2,32,34,39)/t20-,21+,27-/m0/s1. The average molecular weight is 576 g/mol. The molecule has 11 nitrogen and oxygen atoms in total. The van der Waals surface area contributed by atoms with Crippen LogP contribution in [0.15, 0.2) is 72.8 Å². The number of urea groups is 2. The molecule has 0 radical (unpaired) electrons. The Morgan fingerprint density at radius 2 is 1.71 bits per heavy atom. The van der Waals surface area contributed by atoms with Crippen molar-refractivity contribution in [3.63, 3.8) is 0 Å². The number of carbonyl (C=O) groups excluding carboxylic acids is 3. The first-order valence-corrected chi connectivity index (χ1v) is 13.7. The van der Waals surface area contributed by atoms with Crippen molar-refractivity contribution in [2.24, 2.45) is 5.92 Å². The van der Waals surface area contributed by atoms with Gasteiger partial charge in [0.15, 0.2) is 5.75 Å². The fourth-order valence-electron chi connectivity index (χ4n) is 4.61. The van der Waals surface area contributed by atoms with E-state index in [0.29, 0.717) is 29.4 Å². The topological polar surface area (TPSA) is 132 Å². The maximum Gasteiger partial charge on any atom is 0.323 e. The van der Waals surface area contributed by atoms with Crippen LogP contribution in [-0.4, -0.2) is 78.9 Å². The number of hydrogen-bond acceptors (Lipinski definition) is 6. The fraction of sp³-hybridized carbons (Fsp3) is 0.323. The second-order valence-corrected chi connectivity index (χ2v) is 10.3. The molecule has 0 unspecified atom stereocenters. The molecule has 3 aromatic carbocycles. The van der Waals surface area contributed by atoms with Gasteiger partial charge in [-0.05, 0) is 55.5 Å². The number of methoxy groups -OCH3 is 1. The zero-order chi connectivity index (χ0) is 30.2. The number of nitrogens with one attached hydrogen (secondary N) is 3. The highest BCUT2D eigenvalue weighted by Gasteiger charge is 2.35. The first-order chi connectivity index (χ1) is 20.2. The Balaban J connectivity index is 1.60. The van der Waals surface area contributed by atoms with Gasteiger partial charge >= 0.3 is 12.1 Å². The Bertz CT molecular complexity index is 1380. The zero-order valence-electron chi connectivity index (χ0n) is 24.2. The summed E-state index contributed by atoms with van der Waals surface area (Å²) in [5.74, 6) is 0.310. The number of amides is 5. The molecule has 3 aromatic rings. The summed E-state index contributed by atoms with van der Waals surface area (Å²) in [6.45, 7) is 3.95. The molecule has 0 spiro atoms. The van der Waals surface area contributed by atoms with Crippen LogP contribution < -0.4 is 25.4 Å². The maximum absolute atomic E-state index is 13.7. The van der Waals surface area contributed by atoms with Gasteiger partial charge < -0.3 is 40.3 Å². The monoisotopic (exact) mass is 575 g/mol.